The maximum absolute atomic E-state index is 5.22. The molecule has 2 heteroatoms. The van der Waals surface area contributed by atoms with E-state index in [0.717, 1.165) is 24.8 Å². The molecule has 1 saturated carbocycles. The van der Waals surface area contributed by atoms with Gasteiger partial charge in [0.15, 0.2) is 0 Å². The lowest BCUT2D eigenvalue weighted by Gasteiger charge is -2.21. The van der Waals surface area contributed by atoms with Gasteiger partial charge >= 0.3 is 0 Å². The predicted molar refractivity (Wildman–Crippen MR) is 71.3 cm³/mol. The molecule has 1 N–H and O–H groups in total. The van der Waals surface area contributed by atoms with Crippen molar-refractivity contribution in [1.29, 1.82) is 0 Å². The molecule has 0 amide bonds. The second-order valence-electron chi connectivity index (χ2n) is 4.99. The van der Waals surface area contributed by atoms with Crippen molar-refractivity contribution < 1.29 is 4.74 Å². The van der Waals surface area contributed by atoms with Crippen molar-refractivity contribution in [3.8, 4) is 5.75 Å². The summed E-state index contributed by atoms with van der Waals surface area (Å²) >= 11 is 0. The van der Waals surface area contributed by atoms with Crippen molar-refractivity contribution in [3.63, 3.8) is 0 Å². The van der Waals surface area contributed by atoms with E-state index in [1.807, 2.05) is 6.07 Å². The van der Waals surface area contributed by atoms with Crippen molar-refractivity contribution >= 4 is 0 Å². The highest BCUT2D eigenvalue weighted by atomic mass is 16.5. The quantitative estimate of drug-likeness (QED) is 0.842. The van der Waals surface area contributed by atoms with E-state index in [2.05, 4.69) is 23.5 Å². The van der Waals surface area contributed by atoms with Gasteiger partial charge < -0.3 is 10.1 Å². The first kappa shape index (κ1) is 12.4. The zero-order chi connectivity index (χ0) is 11.9. The molecule has 17 heavy (non-hydrogen) atoms. The highest BCUT2D eigenvalue weighted by Gasteiger charge is 2.12. The number of ether oxygens (including phenoxy) is 1. The molecule has 94 valence electrons. The van der Waals surface area contributed by atoms with E-state index in [-0.39, 0.29) is 0 Å². The van der Waals surface area contributed by atoms with Gasteiger partial charge in [0, 0.05) is 6.54 Å². The van der Waals surface area contributed by atoms with E-state index in [4.69, 9.17) is 4.74 Å². The smallest absolute Gasteiger partial charge is 0.119 e. The molecular formula is C15H23NO. The number of hydrogen-bond donors (Lipinski definition) is 1. The molecule has 0 spiro atoms. The molecule has 1 aliphatic rings. The highest BCUT2D eigenvalue weighted by molar-refractivity contribution is 5.28. The summed E-state index contributed by atoms with van der Waals surface area (Å²) in [6.45, 7) is 2.12. The zero-order valence-corrected chi connectivity index (χ0v) is 10.7. The summed E-state index contributed by atoms with van der Waals surface area (Å²) in [4.78, 5) is 0. The molecular weight excluding hydrogens is 210 g/mol. The van der Waals surface area contributed by atoms with Crippen molar-refractivity contribution in [2.45, 2.75) is 38.6 Å². The summed E-state index contributed by atoms with van der Waals surface area (Å²) < 4.78 is 5.22. The van der Waals surface area contributed by atoms with Crippen LogP contribution in [0.25, 0.3) is 0 Å². The van der Waals surface area contributed by atoms with Crippen molar-refractivity contribution in [2.75, 3.05) is 13.7 Å². The van der Waals surface area contributed by atoms with Crippen LogP contribution in [0, 0.1) is 5.92 Å². The average molecular weight is 233 g/mol. The normalized spacial score (nSPS) is 17.0. The highest BCUT2D eigenvalue weighted by Crippen LogP contribution is 2.22. The van der Waals surface area contributed by atoms with Gasteiger partial charge in [0.25, 0.3) is 0 Å². The van der Waals surface area contributed by atoms with Crippen molar-refractivity contribution in [3.05, 3.63) is 29.8 Å². The Labute approximate surface area is 104 Å². The number of benzene rings is 1. The minimum atomic E-state index is 0.898. The van der Waals surface area contributed by atoms with Crippen LogP contribution in [0.3, 0.4) is 0 Å². The summed E-state index contributed by atoms with van der Waals surface area (Å²) in [7, 11) is 1.72. The molecule has 0 aromatic heterocycles. The standard InChI is InChI=1S/C15H23NO/c1-17-15-9-5-8-14(10-15)12-16-11-13-6-3-2-4-7-13/h5,8-10,13,16H,2-4,6-7,11-12H2,1H3. The third-order valence-corrected chi connectivity index (χ3v) is 3.62. The van der Waals surface area contributed by atoms with E-state index in [9.17, 15) is 0 Å². The minimum Gasteiger partial charge on any atom is -0.497 e. The first-order valence-corrected chi connectivity index (χ1v) is 6.72. The molecule has 0 unspecified atom stereocenters. The maximum atomic E-state index is 5.22. The van der Waals surface area contributed by atoms with Crippen molar-refractivity contribution in [1.82, 2.24) is 5.32 Å². The lowest BCUT2D eigenvalue weighted by molar-refractivity contribution is 0.342. The molecule has 0 aliphatic heterocycles. The van der Waals surface area contributed by atoms with Gasteiger partial charge in [0.1, 0.15) is 5.75 Å². The van der Waals surface area contributed by atoms with E-state index in [1.54, 1.807) is 7.11 Å². The van der Waals surface area contributed by atoms with Crippen LogP contribution in [0.4, 0.5) is 0 Å². The third kappa shape index (κ3) is 4.04. The van der Waals surface area contributed by atoms with Crippen LogP contribution in [-0.2, 0) is 6.54 Å². The monoisotopic (exact) mass is 233 g/mol. The van der Waals surface area contributed by atoms with Gasteiger partial charge in [-0.1, -0.05) is 31.4 Å². The van der Waals surface area contributed by atoms with E-state index < -0.39 is 0 Å². The molecule has 2 rings (SSSR count). The Bertz CT molecular complexity index is 331. The number of nitrogens with one attached hydrogen (secondary N) is 1. The Morgan fingerprint density at radius 1 is 1.24 bits per heavy atom. The van der Waals surface area contributed by atoms with Gasteiger partial charge in [-0.05, 0) is 43.0 Å². The number of methoxy groups -OCH3 is 1. The fraction of sp³-hybridized carbons (Fsp3) is 0.600. The lowest BCUT2D eigenvalue weighted by atomic mass is 9.89. The van der Waals surface area contributed by atoms with E-state index in [0.29, 0.717) is 0 Å². The second-order valence-corrected chi connectivity index (χ2v) is 4.99. The second kappa shape index (κ2) is 6.65. The summed E-state index contributed by atoms with van der Waals surface area (Å²) in [5, 5.41) is 3.57. The van der Waals surface area contributed by atoms with Crippen LogP contribution in [-0.4, -0.2) is 13.7 Å². The third-order valence-electron chi connectivity index (χ3n) is 3.62. The Hall–Kier alpha value is -1.02. The number of hydrogen-bond acceptors (Lipinski definition) is 2. The van der Waals surface area contributed by atoms with E-state index >= 15 is 0 Å². The molecule has 0 atom stereocenters. The van der Waals surface area contributed by atoms with Crippen LogP contribution in [0.1, 0.15) is 37.7 Å². The zero-order valence-electron chi connectivity index (χ0n) is 10.7. The maximum Gasteiger partial charge on any atom is 0.119 e. The van der Waals surface area contributed by atoms with Crippen molar-refractivity contribution in [2.24, 2.45) is 5.92 Å². The molecule has 0 bridgehead atoms. The van der Waals surface area contributed by atoms with E-state index in [1.165, 1.54) is 37.7 Å². The molecule has 1 aromatic carbocycles. The fourth-order valence-electron chi connectivity index (χ4n) is 2.59. The summed E-state index contributed by atoms with van der Waals surface area (Å²) in [6, 6.07) is 8.30. The van der Waals surface area contributed by atoms with Crippen LogP contribution in [0.15, 0.2) is 24.3 Å². The first-order valence-electron chi connectivity index (χ1n) is 6.72. The summed E-state index contributed by atoms with van der Waals surface area (Å²) in [5.74, 6) is 1.84. The van der Waals surface area contributed by atoms with Gasteiger partial charge in [0.2, 0.25) is 0 Å². The molecule has 0 saturated heterocycles. The van der Waals surface area contributed by atoms with Gasteiger partial charge in [-0.3, -0.25) is 0 Å². The molecule has 2 nitrogen and oxygen atoms in total. The van der Waals surface area contributed by atoms with Crippen LogP contribution in [0.2, 0.25) is 0 Å². The molecule has 1 aromatic rings. The largest absolute Gasteiger partial charge is 0.497 e. The Kier molecular flexibility index (Phi) is 4.87. The minimum absolute atomic E-state index is 0.898. The molecule has 0 radical (unpaired) electrons. The molecule has 0 heterocycles. The molecule has 1 aliphatic carbocycles. The van der Waals surface area contributed by atoms with Crippen LogP contribution < -0.4 is 10.1 Å². The lowest BCUT2D eigenvalue weighted by Crippen LogP contribution is -2.24. The fourth-order valence-corrected chi connectivity index (χ4v) is 2.59. The topological polar surface area (TPSA) is 21.3 Å². The van der Waals surface area contributed by atoms with Gasteiger partial charge in [-0.2, -0.15) is 0 Å². The van der Waals surface area contributed by atoms with Gasteiger partial charge in [-0.25, -0.2) is 0 Å². The molecule has 1 fully saturated rings. The summed E-state index contributed by atoms with van der Waals surface area (Å²) in [6.07, 6.45) is 7.10. The first-order chi connectivity index (χ1) is 8.38. The Balaban J connectivity index is 1.73. The number of rotatable bonds is 5. The average Bonchev–Trinajstić information content (AvgIpc) is 2.40. The van der Waals surface area contributed by atoms with Gasteiger partial charge in [-0.15, -0.1) is 0 Å². The SMILES string of the molecule is COc1cccc(CNCC2CCCCC2)c1. The predicted octanol–water partition coefficient (Wildman–Crippen LogP) is 3.37. The summed E-state index contributed by atoms with van der Waals surface area (Å²) in [5.41, 5.74) is 1.31. The Morgan fingerprint density at radius 3 is 2.82 bits per heavy atom. The van der Waals surface area contributed by atoms with Crippen LogP contribution in [0.5, 0.6) is 5.75 Å². The Morgan fingerprint density at radius 2 is 2.06 bits per heavy atom. The van der Waals surface area contributed by atoms with Gasteiger partial charge in [0.05, 0.1) is 7.11 Å². The van der Waals surface area contributed by atoms with Crippen LogP contribution >= 0.6 is 0 Å².